The molecule has 0 aromatic heterocycles. The first-order valence-corrected chi connectivity index (χ1v) is 4.77. The van der Waals surface area contributed by atoms with Gasteiger partial charge in [0.25, 0.3) is 0 Å². The minimum atomic E-state index is -0.393. The van der Waals surface area contributed by atoms with Crippen molar-refractivity contribution in [3.8, 4) is 0 Å². The van der Waals surface area contributed by atoms with Crippen LogP contribution in [0.4, 0.5) is 0 Å². The molecule has 1 N–H and O–H groups in total. The second-order valence-electron chi connectivity index (χ2n) is 3.25. The van der Waals surface area contributed by atoms with E-state index in [1.807, 2.05) is 13.8 Å². The Morgan fingerprint density at radius 3 is 3.08 bits per heavy atom. The molecule has 0 aromatic carbocycles. The van der Waals surface area contributed by atoms with Gasteiger partial charge < -0.3 is 14.8 Å². The van der Waals surface area contributed by atoms with Crippen molar-refractivity contribution in [3.05, 3.63) is 0 Å². The molecule has 4 nitrogen and oxygen atoms in total. The highest BCUT2D eigenvalue weighted by Crippen LogP contribution is 2.07. The number of carbonyl (C=O) groups is 1. The molecule has 2 unspecified atom stereocenters. The molecule has 1 aliphatic heterocycles. The predicted molar refractivity (Wildman–Crippen MR) is 48.2 cm³/mol. The number of nitrogens with one attached hydrogen (secondary N) is 1. The molecule has 1 saturated heterocycles. The van der Waals surface area contributed by atoms with Gasteiger partial charge in [-0.15, -0.1) is 0 Å². The lowest BCUT2D eigenvalue weighted by Crippen LogP contribution is -2.41. The summed E-state index contributed by atoms with van der Waals surface area (Å²) in [6, 6.07) is 0. The van der Waals surface area contributed by atoms with Crippen LogP contribution in [0.5, 0.6) is 0 Å². The number of morpholine rings is 1. The van der Waals surface area contributed by atoms with E-state index in [9.17, 15) is 4.79 Å². The van der Waals surface area contributed by atoms with Crippen molar-refractivity contribution in [3.63, 3.8) is 0 Å². The van der Waals surface area contributed by atoms with E-state index in [0.717, 1.165) is 13.0 Å². The van der Waals surface area contributed by atoms with Gasteiger partial charge in [-0.25, -0.2) is 0 Å². The van der Waals surface area contributed by atoms with E-state index < -0.39 is 6.29 Å². The van der Waals surface area contributed by atoms with Crippen molar-refractivity contribution < 1.29 is 14.3 Å². The first-order valence-electron chi connectivity index (χ1n) is 4.77. The Bertz CT molecular complexity index is 166. The second-order valence-corrected chi connectivity index (χ2v) is 3.25. The molecule has 76 valence electrons. The topological polar surface area (TPSA) is 47.6 Å². The molecule has 1 heterocycles. The second kappa shape index (κ2) is 5.19. The summed E-state index contributed by atoms with van der Waals surface area (Å²) in [6.45, 7) is 5.86. The zero-order valence-electron chi connectivity index (χ0n) is 8.21. The summed E-state index contributed by atoms with van der Waals surface area (Å²) in [5, 5.41) is 3.09. The van der Waals surface area contributed by atoms with Gasteiger partial charge in [0, 0.05) is 6.54 Å². The maximum atomic E-state index is 11.3. The van der Waals surface area contributed by atoms with Gasteiger partial charge in [0.1, 0.15) is 0 Å². The molecule has 13 heavy (non-hydrogen) atoms. The van der Waals surface area contributed by atoms with E-state index in [0.29, 0.717) is 13.2 Å². The molecule has 4 heteroatoms. The number of rotatable bonds is 3. The number of carbonyl (C=O) groups excluding carboxylic acids is 1. The summed E-state index contributed by atoms with van der Waals surface area (Å²) >= 11 is 0. The van der Waals surface area contributed by atoms with E-state index in [2.05, 4.69) is 5.32 Å². The molecule has 0 radical (unpaired) electrons. The van der Waals surface area contributed by atoms with Crippen LogP contribution in [-0.4, -0.2) is 32.0 Å². The molecule has 1 aliphatic rings. The van der Waals surface area contributed by atoms with Crippen LogP contribution in [0.3, 0.4) is 0 Å². The lowest BCUT2D eigenvalue weighted by molar-refractivity contribution is -0.186. The van der Waals surface area contributed by atoms with Crippen molar-refractivity contribution in [2.45, 2.75) is 26.6 Å². The maximum Gasteiger partial charge on any atom is 0.310 e. The lowest BCUT2D eigenvalue weighted by atomic mass is 10.1. The number of hydrogen-bond donors (Lipinski definition) is 1. The van der Waals surface area contributed by atoms with Gasteiger partial charge >= 0.3 is 5.97 Å². The van der Waals surface area contributed by atoms with Crippen LogP contribution in [0, 0.1) is 5.92 Å². The zero-order valence-corrected chi connectivity index (χ0v) is 8.21. The molecular weight excluding hydrogens is 170 g/mol. The first-order chi connectivity index (χ1) is 6.24. The van der Waals surface area contributed by atoms with Crippen LogP contribution in [0.15, 0.2) is 0 Å². The van der Waals surface area contributed by atoms with Gasteiger partial charge in [0.2, 0.25) is 6.29 Å². The van der Waals surface area contributed by atoms with E-state index >= 15 is 0 Å². The Morgan fingerprint density at radius 1 is 1.77 bits per heavy atom. The molecule has 0 aromatic rings. The van der Waals surface area contributed by atoms with Crippen LogP contribution >= 0.6 is 0 Å². The third-order valence-electron chi connectivity index (χ3n) is 2.16. The molecular formula is C9H17NO3. The number of hydrogen-bond acceptors (Lipinski definition) is 4. The Kier molecular flexibility index (Phi) is 4.18. The monoisotopic (exact) mass is 187 g/mol. The Hall–Kier alpha value is -0.610. The molecule has 0 amide bonds. The first kappa shape index (κ1) is 10.5. The molecule has 1 fully saturated rings. The minimum Gasteiger partial charge on any atom is -0.434 e. The highest BCUT2D eigenvalue weighted by atomic mass is 16.7. The van der Waals surface area contributed by atoms with E-state index in [1.165, 1.54) is 0 Å². The molecule has 0 bridgehead atoms. The maximum absolute atomic E-state index is 11.3. The van der Waals surface area contributed by atoms with E-state index in [1.54, 1.807) is 0 Å². The van der Waals surface area contributed by atoms with Crippen LogP contribution in [0.25, 0.3) is 0 Å². The Balaban J connectivity index is 2.26. The quantitative estimate of drug-likeness (QED) is 0.654. The lowest BCUT2D eigenvalue weighted by Gasteiger charge is -2.24. The summed E-state index contributed by atoms with van der Waals surface area (Å²) in [5.74, 6) is -0.207. The van der Waals surface area contributed by atoms with Crippen molar-refractivity contribution in [1.82, 2.24) is 5.32 Å². The van der Waals surface area contributed by atoms with E-state index in [-0.39, 0.29) is 11.9 Å². The van der Waals surface area contributed by atoms with Crippen LogP contribution in [0.1, 0.15) is 20.3 Å². The number of esters is 1. The normalized spacial score (nSPS) is 25.2. The fourth-order valence-corrected chi connectivity index (χ4v) is 1.03. The fraction of sp³-hybridized carbons (Fsp3) is 0.889. The minimum absolute atomic E-state index is 0.0365. The van der Waals surface area contributed by atoms with Gasteiger partial charge in [-0.2, -0.15) is 0 Å². The van der Waals surface area contributed by atoms with Gasteiger partial charge in [-0.3, -0.25) is 4.79 Å². The molecule has 0 spiro atoms. The molecule has 0 aliphatic carbocycles. The molecule has 2 atom stereocenters. The summed E-state index contributed by atoms with van der Waals surface area (Å²) < 4.78 is 10.4. The van der Waals surface area contributed by atoms with Crippen molar-refractivity contribution in [2.75, 3.05) is 19.7 Å². The van der Waals surface area contributed by atoms with Crippen LogP contribution < -0.4 is 5.32 Å². The van der Waals surface area contributed by atoms with Crippen LogP contribution in [-0.2, 0) is 14.3 Å². The van der Waals surface area contributed by atoms with Crippen molar-refractivity contribution in [1.29, 1.82) is 0 Å². The van der Waals surface area contributed by atoms with Crippen molar-refractivity contribution in [2.24, 2.45) is 5.92 Å². The highest BCUT2D eigenvalue weighted by Gasteiger charge is 2.20. The van der Waals surface area contributed by atoms with E-state index in [4.69, 9.17) is 9.47 Å². The van der Waals surface area contributed by atoms with Crippen LogP contribution in [0.2, 0.25) is 0 Å². The highest BCUT2D eigenvalue weighted by molar-refractivity contribution is 5.72. The Labute approximate surface area is 78.6 Å². The summed E-state index contributed by atoms with van der Waals surface area (Å²) in [4.78, 5) is 11.3. The molecule has 0 saturated carbocycles. The largest absolute Gasteiger partial charge is 0.434 e. The average Bonchev–Trinajstić information content (AvgIpc) is 2.18. The third-order valence-corrected chi connectivity index (χ3v) is 2.16. The van der Waals surface area contributed by atoms with Crippen molar-refractivity contribution >= 4 is 5.97 Å². The smallest absolute Gasteiger partial charge is 0.310 e. The van der Waals surface area contributed by atoms with Gasteiger partial charge in [0.15, 0.2) is 0 Å². The zero-order chi connectivity index (χ0) is 9.68. The van der Waals surface area contributed by atoms with Gasteiger partial charge in [-0.05, 0) is 6.42 Å². The molecule has 1 rings (SSSR count). The summed E-state index contributed by atoms with van der Waals surface area (Å²) in [7, 11) is 0. The standard InChI is InChI=1S/C9H17NO3/c1-3-7(2)9(11)13-8-6-10-4-5-12-8/h7-8,10H,3-6H2,1-2H3. The Morgan fingerprint density at radius 2 is 2.54 bits per heavy atom. The summed E-state index contributed by atoms with van der Waals surface area (Å²) in [6.07, 6.45) is 0.411. The fourth-order valence-electron chi connectivity index (χ4n) is 1.03. The number of ether oxygens (including phenoxy) is 2. The predicted octanol–water partition coefficient (Wildman–Crippen LogP) is 0.522. The van der Waals surface area contributed by atoms with Gasteiger partial charge in [-0.1, -0.05) is 13.8 Å². The van der Waals surface area contributed by atoms with Gasteiger partial charge in [0.05, 0.1) is 19.1 Å². The summed E-state index contributed by atoms with van der Waals surface area (Å²) in [5.41, 5.74) is 0. The SMILES string of the molecule is CCC(C)C(=O)OC1CNCCO1. The third kappa shape index (κ3) is 3.32. The average molecular weight is 187 g/mol.